The molecule has 0 aliphatic carbocycles. The molecule has 0 saturated carbocycles. The minimum Gasteiger partial charge on any atom is -0.366 e. The Labute approximate surface area is 147 Å². The lowest BCUT2D eigenvalue weighted by molar-refractivity contribution is 0.1000. The standard InChI is InChI=1S/C19H20N2O3S/c1-25(23,24)18(15-8-5-9-16(10-15)19(20)22)17-12-21(13-17)11-14-6-3-2-4-7-14/h2-10H,11-13H2,1H3,(H2,20,22). The first kappa shape index (κ1) is 17.4. The summed E-state index contributed by atoms with van der Waals surface area (Å²) < 4.78 is 24.6. The van der Waals surface area contributed by atoms with Crippen molar-refractivity contribution in [2.45, 2.75) is 6.54 Å². The Morgan fingerprint density at radius 3 is 2.28 bits per heavy atom. The third-order valence-corrected chi connectivity index (χ3v) is 5.45. The molecule has 1 heterocycles. The summed E-state index contributed by atoms with van der Waals surface area (Å²) in [5.74, 6) is -0.570. The molecule has 1 aliphatic heterocycles. The topological polar surface area (TPSA) is 80.5 Å². The van der Waals surface area contributed by atoms with Crippen LogP contribution in [0.1, 0.15) is 21.5 Å². The fraction of sp³-hybridized carbons (Fsp3) is 0.211. The van der Waals surface area contributed by atoms with Crippen LogP contribution in [0, 0.1) is 0 Å². The summed E-state index contributed by atoms with van der Waals surface area (Å²) in [5.41, 5.74) is 8.19. The average Bonchev–Trinajstić information content (AvgIpc) is 2.53. The molecule has 0 radical (unpaired) electrons. The summed E-state index contributed by atoms with van der Waals surface area (Å²) in [6, 6.07) is 16.5. The maximum atomic E-state index is 12.3. The van der Waals surface area contributed by atoms with E-state index >= 15 is 0 Å². The molecule has 25 heavy (non-hydrogen) atoms. The molecule has 0 spiro atoms. The Hall–Kier alpha value is -2.44. The highest BCUT2D eigenvalue weighted by molar-refractivity contribution is 8.00. The molecule has 0 aromatic heterocycles. The van der Waals surface area contributed by atoms with Gasteiger partial charge in [0.15, 0.2) is 9.84 Å². The third kappa shape index (κ3) is 3.97. The molecule has 0 unspecified atom stereocenters. The summed E-state index contributed by atoms with van der Waals surface area (Å²) in [6.45, 7) is 1.97. The molecule has 1 amide bonds. The first-order valence-corrected chi connectivity index (χ1v) is 9.82. The van der Waals surface area contributed by atoms with Gasteiger partial charge < -0.3 is 5.73 Å². The van der Waals surface area contributed by atoms with Crippen molar-refractivity contribution in [2.24, 2.45) is 5.73 Å². The summed E-state index contributed by atoms with van der Waals surface area (Å²) >= 11 is 0. The third-order valence-electron chi connectivity index (χ3n) is 4.18. The molecule has 3 rings (SSSR count). The van der Waals surface area contributed by atoms with E-state index in [0.29, 0.717) is 29.1 Å². The van der Waals surface area contributed by atoms with E-state index in [2.05, 4.69) is 17.0 Å². The van der Waals surface area contributed by atoms with Gasteiger partial charge >= 0.3 is 0 Å². The number of rotatable bonds is 5. The molecule has 2 aromatic rings. The van der Waals surface area contributed by atoms with Crippen molar-refractivity contribution in [3.8, 4) is 0 Å². The lowest BCUT2D eigenvalue weighted by Crippen LogP contribution is -2.40. The van der Waals surface area contributed by atoms with Crippen LogP contribution in [-0.2, 0) is 16.4 Å². The van der Waals surface area contributed by atoms with E-state index in [1.807, 2.05) is 18.2 Å². The smallest absolute Gasteiger partial charge is 0.248 e. The highest BCUT2D eigenvalue weighted by atomic mass is 32.2. The quantitative estimate of drug-likeness (QED) is 0.889. The zero-order valence-electron chi connectivity index (χ0n) is 14.0. The number of primary amides is 1. The molecular weight excluding hydrogens is 336 g/mol. The normalized spacial score (nSPS) is 14.8. The molecule has 130 valence electrons. The summed E-state index contributed by atoms with van der Waals surface area (Å²) in [5, 5.41) is 0. The first-order valence-electron chi connectivity index (χ1n) is 7.93. The van der Waals surface area contributed by atoms with Crippen LogP contribution in [0.25, 0.3) is 4.91 Å². The number of hydrogen-bond donors (Lipinski definition) is 1. The Balaban J connectivity index is 1.87. The molecule has 1 saturated heterocycles. The lowest BCUT2D eigenvalue weighted by Gasteiger charge is -2.35. The van der Waals surface area contributed by atoms with E-state index in [1.165, 1.54) is 11.8 Å². The minimum absolute atomic E-state index is 0.305. The zero-order valence-corrected chi connectivity index (χ0v) is 14.8. The SMILES string of the molecule is CS(=O)(=O)C(=C1CN(Cc2ccccc2)C1)c1cccc(C(N)=O)c1. The minimum atomic E-state index is -3.42. The van der Waals surface area contributed by atoms with Gasteiger partial charge in [-0.25, -0.2) is 8.42 Å². The van der Waals surface area contributed by atoms with Crippen molar-refractivity contribution in [1.82, 2.24) is 4.90 Å². The Morgan fingerprint density at radius 2 is 1.68 bits per heavy atom. The van der Waals surface area contributed by atoms with Crippen molar-refractivity contribution >= 4 is 20.6 Å². The molecular formula is C19H20N2O3S. The maximum absolute atomic E-state index is 12.3. The lowest BCUT2D eigenvalue weighted by atomic mass is 10.0. The Kier molecular flexibility index (Phi) is 4.74. The highest BCUT2D eigenvalue weighted by Crippen LogP contribution is 2.31. The number of sulfone groups is 1. The monoisotopic (exact) mass is 356 g/mol. The second-order valence-electron chi connectivity index (χ2n) is 6.28. The molecule has 1 fully saturated rings. The van der Waals surface area contributed by atoms with Gasteiger partial charge in [-0.1, -0.05) is 42.5 Å². The van der Waals surface area contributed by atoms with Crippen LogP contribution < -0.4 is 5.73 Å². The second kappa shape index (κ2) is 6.82. The summed E-state index contributed by atoms with van der Waals surface area (Å²) in [6.07, 6.45) is 1.20. The number of nitrogens with zero attached hydrogens (tertiary/aromatic N) is 1. The Bertz CT molecular complexity index is 926. The number of carbonyl (C=O) groups is 1. The molecule has 0 bridgehead atoms. The number of carbonyl (C=O) groups excluding carboxylic acids is 1. The molecule has 5 nitrogen and oxygen atoms in total. The van der Waals surface area contributed by atoms with Crippen LogP contribution in [0.4, 0.5) is 0 Å². The van der Waals surface area contributed by atoms with Gasteiger partial charge in [0, 0.05) is 31.5 Å². The van der Waals surface area contributed by atoms with Crippen LogP contribution >= 0.6 is 0 Å². The zero-order chi connectivity index (χ0) is 18.0. The predicted molar refractivity (Wildman–Crippen MR) is 98.4 cm³/mol. The van der Waals surface area contributed by atoms with Gasteiger partial charge in [0.1, 0.15) is 0 Å². The molecule has 2 aromatic carbocycles. The predicted octanol–water partition coefficient (Wildman–Crippen LogP) is 2.06. The van der Waals surface area contributed by atoms with Gasteiger partial charge in [0.25, 0.3) is 0 Å². The van der Waals surface area contributed by atoms with Crippen LogP contribution in [0.3, 0.4) is 0 Å². The van der Waals surface area contributed by atoms with Crippen molar-refractivity contribution < 1.29 is 13.2 Å². The van der Waals surface area contributed by atoms with Gasteiger partial charge in [-0.05, 0) is 28.8 Å². The van der Waals surface area contributed by atoms with Gasteiger partial charge in [-0.15, -0.1) is 0 Å². The number of likely N-dealkylation sites (tertiary alicyclic amines) is 1. The first-order chi connectivity index (χ1) is 11.8. The average molecular weight is 356 g/mol. The van der Waals surface area contributed by atoms with E-state index < -0.39 is 15.7 Å². The fourth-order valence-electron chi connectivity index (χ4n) is 3.08. The van der Waals surface area contributed by atoms with Crippen LogP contribution in [0.15, 0.2) is 60.2 Å². The van der Waals surface area contributed by atoms with Gasteiger partial charge in [-0.2, -0.15) is 0 Å². The second-order valence-corrected chi connectivity index (χ2v) is 8.23. The van der Waals surface area contributed by atoms with Crippen molar-refractivity contribution in [2.75, 3.05) is 19.3 Å². The Morgan fingerprint density at radius 1 is 1.04 bits per heavy atom. The fourth-order valence-corrected chi connectivity index (χ4v) is 4.29. The number of hydrogen-bond acceptors (Lipinski definition) is 4. The van der Waals surface area contributed by atoms with Crippen molar-refractivity contribution in [1.29, 1.82) is 0 Å². The van der Waals surface area contributed by atoms with Crippen molar-refractivity contribution in [3.05, 3.63) is 76.9 Å². The van der Waals surface area contributed by atoms with E-state index in [9.17, 15) is 13.2 Å². The van der Waals surface area contributed by atoms with E-state index in [0.717, 1.165) is 12.1 Å². The number of nitrogens with two attached hydrogens (primary N) is 1. The molecule has 1 aliphatic rings. The van der Waals surface area contributed by atoms with Crippen LogP contribution in [-0.4, -0.2) is 38.6 Å². The van der Waals surface area contributed by atoms with E-state index in [1.54, 1.807) is 24.3 Å². The maximum Gasteiger partial charge on any atom is 0.248 e. The molecule has 0 atom stereocenters. The molecule has 2 N–H and O–H groups in total. The summed E-state index contributed by atoms with van der Waals surface area (Å²) in [7, 11) is -3.42. The van der Waals surface area contributed by atoms with Gasteiger partial charge in [0.05, 0.1) is 4.91 Å². The van der Waals surface area contributed by atoms with E-state index in [-0.39, 0.29) is 0 Å². The number of benzene rings is 2. The van der Waals surface area contributed by atoms with Crippen LogP contribution in [0.2, 0.25) is 0 Å². The van der Waals surface area contributed by atoms with Crippen molar-refractivity contribution in [3.63, 3.8) is 0 Å². The van der Waals surface area contributed by atoms with E-state index in [4.69, 9.17) is 5.73 Å². The molecule has 6 heteroatoms. The van der Waals surface area contributed by atoms with Crippen LogP contribution in [0.5, 0.6) is 0 Å². The van der Waals surface area contributed by atoms with Gasteiger partial charge in [-0.3, -0.25) is 9.69 Å². The highest BCUT2D eigenvalue weighted by Gasteiger charge is 2.29. The number of amides is 1. The summed E-state index contributed by atoms with van der Waals surface area (Å²) in [4.78, 5) is 13.9. The largest absolute Gasteiger partial charge is 0.366 e. The van der Waals surface area contributed by atoms with Gasteiger partial charge in [0.2, 0.25) is 5.91 Å².